The minimum Gasteiger partial charge on any atom is -0.340 e. The number of H-pyrrole nitrogens is 1. The van der Waals surface area contributed by atoms with Crippen LogP contribution in [-0.2, 0) is 4.79 Å². The molecule has 3 N–H and O–H groups in total. The molecular formula is C13H25N5O. The van der Waals surface area contributed by atoms with E-state index < -0.39 is 6.04 Å². The number of rotatable bonds is 6. The van der Waals surface area contributed by atoms with E-state index in [0.29, 0.717) is 13.1 Å². The summed E-state index contributed by atoms with van der Waals surface area (Å²) in [5.74, 6) is -0.0445. The fourth-order valence-corrected chi connectivity index (χ4v) is 2.08. The van der Waals surface area contributed by atoms with Crippen LogP contribution in [0.1, 0.15) is 29.9 Å². The molecule has 0 radical (unpaired) electrons. The van der Waals surface area contributed by atoms with Gasteiger partial charge in [-0.05, 0) is 34.9 Å². The van der Waals surface area contributed by atoms with Gasteiger partial charge in [0.1, 0.15) is 6.04 Å². The number of aromatic nitrogens is 2. The maximum atomic E-state index is 12.4. The second-order valence-corrected chi connectivity index (χ2v) is 5.05. The Labute approximate surface area is 114 Å². The van der Waals surface area contributed by atoms with E-state index in [1.165, 1.54) is 0 Å². The zero-order valence-corrected chi connectivity index (χ0v) is 12.5. The summed E-state index contributed by atoms with van der Waals surface area (Å²) in [7, 11) is 3.98. The minimum atomic E-state index is -0.638. The van der Waals surface area contributed by atoms with Crippen LogP contribution >= 0.6 is 0 Å². The number of aryl methyl sites for hydroxylation is 2. The standard InChI is InChI=1S/C13H25N5O/c1-6-18(8-7-17(4)5)13(19)12(14)11-9(2)15-16-10(11)3/h12H,6-8,14H2,1-5H3,(H,15,16)/t12-/m1/s1. The third-order valence-electron chi connectivity index (χ3n) is 3.27. The van der Waals surface area contributed by atoms with Crippen molar-refractivity contribution in [3.8, 4) is 0 Å². The van der Waals surface area contributed by atoms with Gasteiger partial charge in [-0.15, -0.1) is 0 Å². The summed E-state index contributed by atoms with van der Waals surface area (Å²) in [6.45, 7) is 7.90. The topological polar surface area (TPSA) is 78.2 Å². The Morgan fingerprint density at radius 1 is 1.37 bits per heavy atom. The van der Waals surface area contributed by atoms with Gasteiger partial charge in [0.2, 0.25) is 5.91 Å². The highest BCUT2D eigenvalue weighted by atomic mass is 16.2. The van der Waals surface area contributed by atoms with Gasteiger partial charge in [-0.1, -0.05) is 0 Å². The monoisotopic (exact) mass is 267 g/mol. The maximum absolute atomic E-state index is 12.4. The normalized spacial score (nSPS) is 12.8. The first-order chi connectivity index (χ1) is 8.88. The van der Waals surface area contributed by atoms with Crippen molar-refractivity contribution in [2.45, 2.75) is 26.8 Å². The Morgan fingerprint density at radius 2 is 2.00 bits per heavy atom. The zero-order valence-electron chi connectivity index (χ0n) is 12.5. The van der Waals surface area contributed by atoms with Gasteiger partial charge in [-0.2, -0.15) is 5.10 Å². The SMILES string of the molecule is CCN(CCN(C)C)C(=O)[C@H](N)c1c(C)n[nH]c1C. The van der Waals surface area contributed by atoms with E-state index in [1.807, 2.05) is 34.9 Å². The summed E-state index contributed by atoms with van der Waals surface area (Å²) in [5, 5.41) is 6.97. The van der Waals surface area contributed by atoms with Crippen molar-refractivity contribution in [2.75, 3.05) is 33.7 Å². The Hall–Kier alpha value is -1.40. The molecule has 1 aromatic rings. The number of likely N-dealkylation sites (N-methyl/N-ethyl adjacent to an activating group) is 2. The van der Waals surface area contributed by atoms with E-state index in [0.717, 1.165) is 23.5 Å². The van der Waals surface area contributed by atoms with Crippen molar-refractivity contribution in [2.24, 2.45) is 5.73 Å². The molecule has 0 aromatic carbocycles. The first kappa shape index (κ1) is 15.7. The summed E-state index contributed by atoms with van der Waals surface area (Å²) >= 11 is 0. The van der Waals surface area contributed by atoms with E-state index in [9.17, 15) is 4.79 Å². The fourth-order valence-electron chi connectivity index (χ4n) is 2.08. The molecule has 6 nitrogen and oxygen atoms in total. The lowest BCUT2D eigenvalue weighted by molar-refractivity contribution is -0.132. The summed E-state index contributed by atoms with van der Waals surface area (Å²) in [6.07, 6.45) is 0. The van der Waals surface area contributed by atoms with Crippen LogP contribution in [0, 0.1) is 13.8 Å². The molecule has 0 saturated carbocycles. The van der Waals surface area contributed by atoms with Gasteiger partial charge in [0.25, 0.3) is 0 Å². The van der Waals surface area contributed by atoms with Gasteiger partial charge in [0.15, 0.2) is 0 Å². The third-order valence-corrected chi connectivity index (χ3v) is 3.27. The van der Waals surface area contributed by atoms with Gasteiger partial charge in [-0.3, -0.25) is 9.89 Å². The highest BCUT2D eigenvalue weighted by Gasteiger charge is 2.25. The summed E-state index contributed by atoms with van der Waals surface area (Å²) in [4.78, 5) is 16.3. The number of hydrogen-bond donors (Lipinski definition) is 2. The van der Waals surface area contributed by atoms with Crippen molar-refractivity contribution in [1.82, 2.24) is 20.0 Å². The van der Waals surface area contributed by atoms with Gasteiger partial charge in [0.05, 0.1) is 5.69 Å². The van der Waals surface area contributed by atoms with Crippen molar-refractivity contribution in [3.63, 3.8) is 0 Å². The van der Waals surface area contributed by atoms with Crippen LogP contribution < -0.4 is 5.73 Å². The number of aromatic amines is 1. The number of nitrogens with zero attached hydrogens (tertiary/aromatic N) is 3. The molecule has 1 heterocycles. The van der Waals surface area contributed by atoms with Crippen molar-refractivity contribution in [1.29, 1.82) is 0 Å². The number of amides is 1. The summed E-state index contributed by atoms with van der Waals surface area (Å²) < 4.78 is 0. The van der Waals surface area contributed by atoms with E-state index in [1.54, 1.807) is 4.90 Å². The molecule has 0 aliphatic carbocycles. The molecule has 1 rings (SSSR count). The summed E-state index contributed by atoms with van der Waals surface area (Å²) in [5.41, 5.74) is 8.57. The van der Waals surface area contributed by atoms with Gasteiger partial charge in [0, 0.05) is 30.9 Å². The second kappa shape index (κ2) is 6.68. The van der Waals surface area contributed by atoms with Gasteiger partial charge < -0.3 is 15.5 Å². The van der Waals surface area contributed by atoms with Crippen molar-refractivity contribution >= 4 is 5.91 Å². The average molecular weight is 267 g/mol. The maximum Gasteiger partial charge on any atom is 0.244 e. The predicted molar refractivity (Wildman–Crippen MR) is 75.8 cm³/mol. The lowest BCUT2D eigenvalue weighted by Gasteiger charge is -2.26. The molecule has 1 atom stereocenters. The van der Waals surface area contributed by atoms with Crippen molar-refractivity contribution in [3.05, 3.63) is 17.0 Å². The van der Waals surface area contributed by atoms with E-state index in [2.05, 4.69) is 15.1 Å². The van der Waals surface area contributed by atoms with E-state index in [-0.39, 0.29) is 5.91 Å². The first-order valence-electron chi connectivity index (χ1n) is 6.59. The Kier molecular flexibility index (Phi) is 5.50. The molecule has 0 unspecified atom stereocenters. The van der Waals surface area contributed by atoms with E-state index >= 15 is 0 Å². The molecule has 0 aliphatic heterocycles. The quantitative estimate of drug-likeness (QED) is 0.784. The molecule has 0 fully saturated rings. The molecule has 1 aromatic heterocycles. The fraction of sp³-hybridized carbons (Fsp3) is 0.692. The minimum absolute atomic E-state index is 0.0445. The molecule has 0 aliphatic rings. The van der Waals surface area contributed by atoms with Crippen LogP contribution in [0.5, 0.6) is 0 Å². The second-order valence-electron chi connectivity index (χ2n) is 5.05. The molecule has 0 spiro atoms. The Bertz CT molecular complexity index is 407. The average Bonchev–Trinajstić information content (AvgIpc) is 2.68. The molecule has 108 valence electrons. The Balaban J connectivity index is 2.80. The molecule has 6 heteroatoms. The number of hydrogen-bond acceptors (Lipinski definition) is 4. The summed E-state index contributed by atoms with van der Waals surface area (Å²) in [6, 6.07) is -0.638. The number of nitrogens with two attached hydrogens (primary N) is 1. The lowest BCUT2D eigenvalue weighted by Crippen LogP contribution is -2.42. The van der Waals surface area contributed by atoms with Crippen LogP contribution in [0.2, 0.25) is 0 Å². The molecular weight excluding hydrogens is 242 g/mol. The molecule has 19 heavy (non-hydrogen) atoms. The number of carbonyl (C=O) groups is 1. The predicted octanol–water partition coefficient (Wildman–Crippen LogP) is 0.436. The van der Waals surface area contributed by atoms with Crippen LogP contribution in [0.3, 0.4) is 0 Å². The lowest BCUT2D eigenvalue weighted by atomic mass is 10.0. The van der Waals surface area contributed by atoms with Crippen LogP contribution in [-0.4, -0.2) is 59.6 Å². The van der Waals surface area contributed by atoms with Gasteiger partial charge >= 0.3 is 0 Å². The largest absolute Gasteiger partial charge is 0.340 e. The molecule has 0 bridgehead atoms. The number of carbonyl (C=O) groups excluding carboxylic acids is 1. The highest BCUT2D eigenvalue weighted by Crippen LogP contribution is 2.19. The number of nitrogens with one attached hydrogen (secondary N) is 1. The van der Waals surface area contributed by atoms with Crippen LogP contribution in [0.4, 0.5) is 0 Å². The zero-order chi connectivity index (χ0) is 14.6. The molecule has 1 amide bonds. The first-order valence-corrected chi connectivity index (χ1v) is 6.59. The highest BCUT2D eigenvalue weighted by molar-refractivity contribution is 5.83. The smallest absolute Gasteiger partial charge is 0.244 e. The van der Waals surface area contributed by atoms with Crippen LogP contribution in [0.15, 0.2) is 0 Å². The van der Waals surface area contributed by atoms with Crippen molar-refractivity contribution < 1.29 is 4.79 Å². The van der Waals surface area contributed by atoms with E-state index in [4.69, 9.17) is 5.73 Å². The van der Waals surface area contributed by atoms with Crippen LogP contribution in [0.25, 0.3) is 0 Å². The van der Waals surface area contributed by atoms with Gasteiger partial charge in [-0.25, -0.2) is 0 Å². The third kappa shape index (κ3) is 3.78. The Morgan fingerprint density at radius 3 is 2.42 bits per heavy atom. The molecule has 0 saturated heterocycles.